The third kappa shape index (κ3) is 6.09. The van der Waals surface area contributed by atoms with Gasteiger partial charge in [0.15, 0.2) is 0 Å². The molecule has 0 heterocycles. The minimum absolute atomic E-state index is 0.0931. The molecule has 0 bridgehead atoms. The number of rotatable bonds is 7. The number of alkyl halides is 5. The van der Waals surface area contributed by atoms with Crippen molar-refractivity contribution < 1.29 is 54.0 Å². The number of carbonyl (C=O) groups is 2. The van der Waals surface area contributed by atoms with E-state index in [1.165, 1.54) is 6.92 Å². The maximum Gasteiger partial charge on any atom is 0.432 e. The van der Waals surface area contributed by atoms with E-state index in [2.05, 4.69) is 16.1 Å². The Kier molecular flexibility index (Phi) is 6.66. The first-order valence-electron chi connectivity index (χ1n) is 5.54. The van der Waals surface area contributed by atoms with E-state index in [4.69, 9.17) is 4.55 Å². The molecule has 0 fully saturated rings. The summed E-state index contributed by atoms with van der Waals surface area (Å²) in [5.74, 6) is -2.92. The Morgan fingerprint density at radius 3 is 2.04 bits per heavy atom. The van der Waals surface area contributed by atoms with Crippen molar-refractivity contribution >= 4 is 22.1 Å². The number of carbonyl (C=O) groups excluding carboxylic acids is 2. The number of esters is 2. The monoisotopic (exact) mass is 370 g/mol. The van der Waals surface area contributed by atoms with E-state index >= 15 is 0 Å². The molecule has 1 unspecified atom stereocenters. The highest BCUT2D eigenvalue weighted by atomic mass is 32.2. The molecule has 13 heteroatoms. The summed E-state index contributed by atoms with van der Waals surface area (Å²) in [5, 5.41) is -5.81. The Morgan fingerprint density at radius 2 is 1.70 bits per heavy atom. The van der Waals surface area contributed by atoms with Crippen LogP contribution in [0.4, 0.5) is 22.0 Å². The van der Waals surface area contributed by atoms with E-state index in [1.54, 1.807) is 0 Å². The van der Waals surface area contributed by atoms with Crippen LogP contribution in [0.3, 0.4) is 0 Å². The molecule has 0 amide bonds. The van der Waals surface area contributed by atoms with Crippen molar-refractivity contribution in [3.63, 3.8) is 0 Å². The highest BCUT2D eigenvalue weighted by Crippen LogP contribution is 2.38. The van der Waals surface area contributed by atoms with Gasteiger partial charge < -0.3 is 9.47 Å². The van der Waals surface area contributed by atoms with Gasteiger partial charge >= 0.3 is 33.5 Å². The predicted octanol–water partition coefficient (Wildman–Crippen LogP) is 1.45. The van der Waals surface area contributed by atoms with Crippen molar-refractivity contribution in [3.05, 3.63) is 12.2 Å². The normalized spacial score (nSPS) is 14.0. The zero-order valence-corrected chi connectivity index (χ0v) is 12.2. The fourth-order valence-electron chi connectivity index (χ4n) is 1.00. The first-order chi connectivity index (χ1) is 10.1. The van der Waals surface area contributed by atoms with Crippen molar-refractivity contribution in [3.8, 4) is 0 Å². The largest absolute Gasteiger partial charge is 0.462 e. The lowest BCUT2D eigenvalue weighted by atomic mass is 10.3. The van der Waals surface area contributed by atoms with Gasteiger partial charge in [-0.15, -0.1) is 0 Å². The van der Waals surface area contributed by atoms with Gasteiger partial charge in [-0.3, -0.25) is 9.35 Å². The van der Waals surface area contributed by atoms with Crippen molar-refractivity contribution in [2.75, 3.05) is 6.61 Å². The summed E-state index contributed by atoms with van der Waals surface area (Å²) in [7, 11) is -6.50. The topological polar surface area (TPSA) is 107 Å². The summed E-state index contributed by atoms with van der Waals surface area (Å²) in [6.45, 7) is 3.58. The average Bonchev–Trinajstić information content (AvgIpc) is 2.32. The predicted molar refractivity (Wildman–Crippen MR) is 62.8 cm³/mol. The van der Waals surface area contributed by atoms with Gasteiger partial charge in [0.2, 0.25) is 0 Å². The molecule has 134 valence electrons. The highest BCUT2D eigenvalue weighted by molar-refractivity contribution is 7.86. The van der Waals surface area contributed by atoms with Crippen LogP contribution in [0.1, 0.15) is 13.3 Å². The van der Waals surface area contributed by atoms with E-state index in [0.29, 0.717) is 0 Å². The Balaban J connectivity index is 4.98. The van der Waals surface area contributed by atoms with Crippen LogP contribution in [-0.4, -0.2) is 49.1 Å². The van der Waals surface area contributed by atoms with Crippen LogP contribution in [0.2, 0.25) is 0 Å². The number of hydrogen-bond acceptors (Lipinski definition) is 6. The van der Waals surface area contributed by atoms with Gasteiger partial charge in [-0.05, 0) is 6.92 Å². The van der Waals surface area contributed by atoms with Crippen LogP contribution >= 0.6 is 0 Å². The molecule has 1 atom stereocenters. The summed E-state index contributed by atoms with van der Waals surface area (Å²) in [5.41, 5.74) is -0.0931. The standard InChI is InChI=1S/C10H11F5O7S/c1-5(2)7(17)21-4-3-6(16)22-8(9(11,12)13)10(14,15)23(18,19)20/h8H,1,3-4H2,2H3,(H,18,19,20). The summed E-state index contributed by atoms with van der Waals surface area (Å²) < 4.78 is 100.0. The molecule has 7 nitrogen and oxygen atoms in total. The maximum absolute atomic E-state index is 13.1. The zero-order chi connectivity index (χ0) is 18.6. The van der Waals surface area contributed by atoms with Crippen LogP contribution in [-0.2, 0) is 29.2 Å². The Morgan fingerprint density at radius 1 is 1.22 bits per heavy atom. The molecule has 0 rings (SSSR count). The summed E-state index contributed by atoms with van der Waals surface area (Å²) in [6, 6.07) is 0. The van der Waals surface area contributed by atoms with Gasteiger partial charge in [-0.25, -0.2) is 4.79 Å². The first-order valence-corrected chi connectivity index (χ1v) is 6.98. The van der Waals surface area contributed by atoms with Gasteiger partial charge in [0.25, 0.3) is 6.10 Å². The molecule has 23 heavy (non-hydrogen) atoms. The number of hydrogen-bond donors (Lipinski definition) is 1. The van der Waals surface area contributed by atoms with Crippen LogP contribution in [0, 0.1) is 0 Å². The average molecular weight is 370 g/mol. The molecule has 0 aromatic carbocycles. The summed E-state index contributed by atoms with van der Waals surface area (Å²) >= 11 is 0. The van der Waals surface area contributed by atoms with Crippen molar-refractivity contribution in [2.24, 2.45) is 0 Å². The van der Waals surface area contributed by atoms with Crippen LogP contribution in [0.15, 0.2) is 12.2 Å². The minimum atomic E-state index is -6.50. The molecule has 0 aliphatic rings. The van der Waals surface area contributed by atoms with Gasteiger partial charge in [-0.2, -0.15) is 30.4 Å². The summed E-state index contributed by atoms with van der Waals surface area (Å²) in [6.07, 6.45) is -11.5. The molecule has 0 aromatic heterocycles. The fourth-order valence-corrected chi connectivity index (χ4v) is 1.45. The number of halogens is 5. The van der Waals surface area contributed by atoms with Crippen LogP contribution < -0.4 is 0 Å². The maximum atomic E-state index is 13.1. The van der Waals surface area contributed by atoms with Gasteiger partial charge in [-0.1, -0.05) is 6.58 Å². The van der Waals surface area contributed by atoms with Crippen LogP contribution in [0.25, 0.3) is 0 Å². The molecule has 1 N–H and O–H groups in total. The third-order valence-electron chi connectivity index (χ3n) is 2.08. The van der Waals surface area contributed by atoms with E-state index in [9.17, 15) is 40.0 Å². The quantitative estimate of drug-likeness (QED) is 0.313. The van der Waals surface area contributed by atoms with Crippen molar-refractivity contribution in [1.82, 2.24) is 0 Å². The third-order valence-corrected chi connectivity index (χ3v) is 2.99. The summed E-state index contributed by atoms with van der Waals surface area (Å²) in [4.78, 5) is 22.0. The lowest BCUT2D eigenvalue weighted by Crippen LogP contribution is -2.52. The fraction of sp³-hybridized carbons (Fsp3) is 0.600. The first kappa shape index (κ1) is 21.2. The molecule has 0 aromatic rings. The second-order valence-corrected chi connectivity index (χ2v) is 5.61. The molecule has 0 saturated heterocycles. The molecule has 0 saturated carbocycles. The lowest BCUT2D eigenvalue weighted by molar-refractivity contribution is -0.259. The minimum Gasteiger partial charge on any atom is -0.462 e. The molecule has 0 spiro atoms. The molecular formula is C10H11F5O7S. The van der Waals surface area contributed by atoms with Gasteiger partial charge in [0.05, 0.1) is 6.42 Å². The van der Waals surface area contributed by atoms with Crippen molar-refractivity contribution in [1.29, 1.82) is 0 Å². The molecule has 0 aliphatic heterocycles. The smallest absolute Gasteiger partial charge is 0.432 e. The van der Waals surface area contributed by atoms with E-state index in [1.807, 2.05) is 0 Å². The van der Waals surface area contributed by atoms with E-state index in [0.717, 1.165) is 0 Å². The zero-order valence-electron chi connectivity index (χ0n) is 11.4. The second-order valence-electron chi connectivity index (χ2n) is 4.11. The number of ether oxygens (including phenoxy) is 2. The second kappa shape index (κ2) is 7.21. The Bertz CT molecular complexity index is 581. The Labute approximate surface area is 126 Å². The lowest BCUT2D eigenvalue weighted by Gasteiger charge is -2.26. The van der Waals surface area contributed by atoms with Crippen LogP contribution in [0.5, 0.6) is 0 Å². The van der Waals surface area contributed by atoms with Gasteiger partial charge in [0.1, 0.15) is 6.61 Å². The Hall–Kier alpha value is -1.76. The van der Waals surface area contributed by atoms with Crippen molar-refractivity contribution in [2.45, 2.75) is 30.9 Å². The molecule has 0 aliphatic carbocycles. The molecular weight excluding hydrogens is 359 g/mol. The molecule has 0 radical (unpaired) electrons. The van der Waals surface area contributed by atoms with E-state index < -0.39 is 52.6 Å². The van der Waals surface area contributed by atoms with Gasteiger partial charge in [0, 0.05) is 5.57 Å². The van der Waals surface area contributed by atoms with E-state index in [-0.39, 0.29) is 5.57 Å². The highest BCUT2D eigenvalue weighted by Gasteiger charge is 2.65. The SMILES string of the molecule is C=C(C)C(=O)OCCC(=O)OC(C(F)(F)F)C(F)(F)S(=O)(=O)O.